The molecule has 0 atom stereocenters. The van der Waals surface area contributed by atoms with Crippen LogP contribution < -0.4 is 15.4 Å². The summed E-state index contributed by atoms with van der Waals surface area (Å²) in [6.45, 7) is -1.42. The van der Waals surface area contributed by atoms with E-state index in [0.717, 1.165) is 6.07 Å². The molecule has 156 valence electrons. The number of halogens is 3. The summed E-state index contributed by atoms with van der Waals surface area (Å²) in [5.41, 5.74) is 0.591. The second-order valence-electron chi connectivity index (χ2n) is 6.25. The van der Waals surface area contributed by atoms with Gasteiger partial charge in [0.1, 0.15) is 17.3 Å². The number of hydrogen-bond acceptors (Lipinski definition) is 4. The van der Waals surface area contributed by atoms with Gasteiger partial charge in [-0.05, 0) is 37.3 Å². The molecule has 0 aliphatic heterocycles. The van der Waals surface area contributed by atoms with Gasteiger partial charge in [-0.1, -0.05) is 18.2 Å². The molecular weight excluding hydrogens is 401 g/mol. The van der Waals surface area contributed by atoms with Crippen LogP contribution in [0.15, 0.2) is 59.2 Å². The zero-order chi connectivity index (χ0) is 21.7. The Morgan fingerprint density at radius 1 is 1.10 bits per heavy atom. The molecule has 0 saturated carbocycles. The number of alkyl halides is 2. The van der Waals surface area contributed by atoms with Crippen LogP contribution in [0.25, 0.3) is 0 Å². The van der Waals surface area contributed by atoms with Crippen LogP contribution in [0.5, 0.6) is 5.75 Å². The summed E-state index contributed by atoms with van der Waals surface area (Å²) in [5, 5.41) is 4.96. The van der Waals surface area contributed by atoms with E-state index in [1.807, 2.05) is 0 Å². The van der Waals surface area contributed by atoms with Gasteiger partial charge in [-0.2, -0.15) is 8.78 Å². The molecule has 3 rings (SSSR count). The van der Waals surface area contributed by atoms with Crippen molar-refractivity contribution >= 4 is 23.2 Å². The SMILES string of the molecule is Cc1occc1C(=O)Nc1cc(NC(=O)Cc2ccccc2OC(F)F)ccc1F. The number of benzene rings is 2. The Morgan fingerprint density at radius 3 is 2.57 bits per heavy atom. The number of carbonyl (C=O) groups is 2. The van der Waals surface area contributed by atoms with E-state index in [9.17, 15) is 22.8 Å². The number of para-hydroxylation sites is 1. The van der Waals surface area contributed by atoms with Crippen LogP contribution in [0.1, 0.15) is 21.7 Å². The normalized spacial score (nSPS) is 10.7. The van der Waals surface area contributed by atoms with Crippen molar-refractivity contribution in [3.8, 4) is 5.75 Å². The lowest BCUT2D eigenvalue weighted by molar-refractivity contribution is -0.115. The Morgan fingerprint density at radius 2 is 1.87 bits per heavy atom. The topological polar surface area (TPSA) is 80.6 Å². The van der Waals surface area contributed by atoms with Crippen molar-refractivity contribution in [2.24, 2.45) is 0 Å². The third-order valence-electron chi connectivity index (χ3n) is 4.14. The molecule has 0 aliphatic carbocycles. The highest BCUT2D eigenvalue weighted by molar-refractivity contribution is 6.05. The molecule has 0 radical (unpaired) electrons. The van der Waals surface area contributed by atoms with Crippen molar-refractivity contribution in [3.05, 3.63) is 77.5 Å². The van der Waals surface area contributed by atoms with Crippen LogP contribution in [0, 0.1) is 12.7 Å². The maximum Gasteiger partial charge on any atom is 0.387 e. The summed E-state index contributed by atoms with van der Waals surface area (Å²) < 4.78 is 48.5. The first kappa shape index (κ1) is 21.0. The lowest BCUT2D eigenvalue weighted by atomic mass is 10.1. The molecule has 0 unspecified atom stereocenters. The third-order valence-corrected chi connectivity index (χ3v) is 4.14. The average Bonchev–Trinajstić information content (AvgIpc) is 3.11. The van der Waals surface area contributed by atoms with E-state index in [1.54, 1.807) is 13.0 Å². The number of carbonyl (C=O) groups excluding carboxylic acids is 2. The van der Waals surface area contributed by atoms with Crippen LogP contribution >= 0.6 is 0 Å². The monoisotopic (exact) mass is 418 g/mol. The zero-order valence-corrected chi connectivity index (χ0v) is 15.7. The molecule has 0 aliphatic rings. The fourth-order valence-electron chi connectivity index (χ4n) is 2.75. The van der Waals surface area contributed by atoms with E-state index >= 15 is 0 Å². The summed E-state index contributed by atoms with van der Waals surface area (Å²) in [6.07, 6.45) is 1.10. The maximum absolute atomic E-state index is 14.1. The number of hydrogen-bond donors (Lipinski definition) is 2. The molecule has 0 bridgehead atoms. The number of amides is 2. The number of nitrogens with one attached hydrogen (secondary N) is 2. The Balaban J connectivity index is 1.70. The molecule has 1 heterocycles. The van der Waals surface area contributed by atoms with E-state index in [-0.39, 0.29) is 34.7 Å². The van der Waals surface area contributed by atoms with Gasteiger partial charge >= 0.3 is 6.61 Å². The Bertz CT molecular complexity index is 1070. The molecule has 2 aromatic carbocycles. The van der Waals surface area contributed by atoms with Crippen molar-refractivity contribution in [2.75, 3.05) is 10.6 Å². The predicted octanol–water partition coefficient (Wildman–Crippen LogP) is 4.76. The van der Waals surface area contributed by atoms with Crippen molar-refractivity contribution in [1.82, 2.24) is 0 Å². The highest BCUT2D eigenvalue weighted by atomic mass is 19.3. The molecule has 9 heteroatoms. The van der Waals surface area contributed by atoms with Crippen LogP contribution in [0.3, 0.4) is 0 Å². The average molecular weight is 418 g/mol. The molecule has 30 heavy (non-hydrogen) atoms. The minimum absolute atomic E-state index is 0.106. The first-order valence-corrected chi connectivity index (χ1v) is 8.81. The van der Waals surface area contributed by atoms with Gasteiger partial charge in [0.2, 0.25) is 5.91 Å². The Labute approximate surface area is 169 Å². The molecule has 0 fully saturated rings. The van der Waals surface area contributed by atoms with E-state index in [4.69, 9.17) is 4.42 Å². The summed E-state index contributed by atoms with van der Waals surface area (Å²) in [7, 11) is 0. The van der Waals surface area contributed by atoms with E-state index in [0.29, 0.717) is 5.76 Å². The second-order valence-corrected chi connectivity index (χ2v) is 6.25. The van der Waals surface area contributed by atoms with Crippen molar-refractivity contribution < 1.29 is 31.9 Å². The van der Waals surface area contributed by atoms with Gasteiger partial charge in [-0.25, -0.2) is 4.39 Å². The quantitative estimate of drug-likeness (QED) is 0.580. The summed E-state index contributed by atoms with van der Waals surface area (Å²) in [4.78, 5) is 24.6. The molecule has 1 aromatic heterocycles. The maximum atomic E-state index is 14.1. The van der Waals surface area contributed by atoms with Gasteiger partial charge < -0.3 is 19.8 Å². The molecule has 3 aromatic rings. The molecular formula is C21H17F3N2O4. The third kappa shape index (κ3) is 5.19. The fraction of sp³-hybridized carbons (Fsp3) is 0.143. The second kappa shape index (κ2) is 9.17. The number of furan rings is 1. The van der Waals surface area contributed by atoms with Crippen LogP contribution in [0.4, 0.5) is 24.5 Å². The first-order valence-electron chi connectivity index (χ1n) is 8.81. The zero-order valence-electron chi connectivity index (χ0n) is 15.7. The lowest BCUT2D eigenvalue weighted by Crippen LogP contribution is -2.17. The van der Waals surface area contributed by atoms with Crippen LogP contribution in [0.2, 0.25) is 0 Å². The highest BCUT2D eigenvalue weighted by Gasteiger charge is 2.16. The smallest absolute Gasteiger partial charge is 0.387 e. The largest absolute Gasteiger partial charge is 0.469 e. The van der Waals surface area contributed by atoms with Gasteiger partial charge in [0.05, 0.1) is 23.9 Å². The first-order chi connectivity index (χ1) is 14.3. The minimum Gasteiger partial charge on any atom is -0.469 e. The van der Waals surface area contributed by atoms with Crippen molar-refractivity contribution in [2.45, 2.75) is 20.0 Å². The molecule has 2 amide bonds. The Hall–Kier alpha value is -3.75. The number of anilines is 2. The fourth-order valence-corrected chi connectivity index (χ4v) is 2.75. The number of ether oxygens (including phenoxy) is 1. The van der Waals surface area contributed by atoms with Crippen LogP contribution in [-0.2, 0) is 11.2 Å². The molecule has 2 N–H and O–H groups in total. The summed E-state index contributed by atoms with van der Waals surface area (Å²) in [5.74, 6) is -1.53. The molecule has 0 spiro atoms. The number of aryl methyl sites for hydroxylation is 1. The van der Waals surface area contributed by atoms with Gasteiger partial charge in [0.15, 0.2) is 0 Å². The lowest BCUT2D eigenvalue weighted by Gasteiger charge is -2.12. The summed E-state index contributed by atoms with van der Waals surface area (Å²) in [6, 6.07) is 11.0. The number of rotatable bonds is 7. The van der Waals surface area contributed by atoms with E-state index < -0.39 is 24.2 Å². The van der Waals surface area contributed by atoms with Gasteiger partial charge in [0, 0.05) is 11.3 Å². The highest BCUT2D eigenvalue weighted by Crippen LogP contribution is 2.23. The minimum atomic E-state index is -3.02. The predicted molar refractivity (Wildman–Crippen MR) is 103 cm³/mol. The molecule has 6 nitrogen and oxygen atoms in total. The van der Waals surface area contributed by atoms with Crippen molar-refractivity contribution in [1.29, 1.82) is 0 Å². The van der Waals surface area contributed by atoms with Crippen molar-refractivity contribution in [3.63, 3.8) is 0 Å². The van der Waals surface area contributed by atoms with Crippen LogP contribution in [-0.4, -0.2) is 18.4 Å². The van der Waals surface area contributed by atoms with Gasteiger partial charge in [-0.15, -0.1) is 0 Å². The van der Waals surface area contributed by atoms with E-state index in [1.165, 1.54) is 42.7 Å². The standard InChI is InChI=1S/C21H17F3N2O4/c1-12-15(8-9-29-12)20(28)26-17-11-14(6-7-16(17)22)25-19(27)10-13-4-2-3-5-18(13)30-21(23)24/h2-9,11,21H,10H2,1H3,(H,25,27)(H,26,28). The van der Waals surface area contributed by atoms with Gasteiger partial charge in [0.25, 0.3) is 5.91 Å². The van der Waals surface area contributed by atoms with E-state index in [2.05, 4.69) is 15.4 Å². The van der Waals surface area contributed by atoms with Gasteiger partial charge in [-0.3, -0.25) is 9.59 Å². The summed E-state index contributed by atoms with van der Waals surface area (Å²) >= 11 is 0. The molecule has 0 saturated heterocycles. The Kier molecular flexibility index (Phi) is 6.41.